The summed E-state index contributed by atoms with van der Waals surface area (Å²) >= 11 is 0. The van der Waals surface area contributed by atoms with Crippen molar-refractivity contribution in [1.82, 2.24) is 9.88 Å². The number of aromatic hydroxyl groups is 1. The molecular formula is C22H21N2O3. The number of piperidine rings is 1. The zero-order valence-electron chi connectivity index (χ0n) is 15.1. The van der Waals surface area contributed by atoms with Crippen LogP contribution in [0.1, 0.15) is 17.5 Å². The molecule has 5 atom stereocenters. The van der Waals surface area contributed by atoms with E-state index in [1.165, 1.54) is 5.56 Å². The van der Waals surface area contributed by atoms with E-state index < -0.39 is 6.10 Å². The zero-order chi connectivity index (χ0) is 18.3. The summed E-state index contributed by atoms with van der Waals surface area (Å²) in [5.74, 6) is 0.993. The maximum absolute atomic E-state index is 10.8. The molecule has 1 aromatic heterocycles. The van der Waals surface area contributed by atoms with E-state index in [2.05, 4.69) is 29.1 Å². The highest BCUT2D eigenvalue weighted by Crippen LogP contribution is 2.63. The van der Waals surface area contributed by atoms with Crippen LogP contribution in [-0.2, 0) is 11.8 Å². The van der Waals surface area contributed by atoms with Crippen LogP contribution in [0.15, 0.2) is 36.5 Å². The molecule has 2 aromatic rings. The first-order valence-corrected chi connectivity index (χ1v) is 9.56. The first-order valence-electron chi connectivity index (χ1n) is 9.56. The number of phenolic OH excluding ortho intramolecular Hbond substituents is 1. The van der Waals surface area contributed by atoms with Crippen LogP contribution in [0.4, 0.5) is 0 Å². The number of rotatable bonds is 1. The van der Waals surface area contributed by atoms with Crippen molar-refractivity contribution in [3.05, 3.63) is 53.7 Å². The lowest BCUT2D eigenvalue weighted by molar-refractivity contribution is -0.0452. The van der Waals surface area contributed by atoms with Crippen molar-refractivity contribution in [1.29, 1.82) is 0 Å². The maximum Gasteiger partial charge on any atom is 0.165 e. The van der Waals surface area contributed by atoms with E-state index in [1.54, 1.807) is 12.3 Å². The third-order valence-electron chi connectivity index (χ3n) is 7.17. The fourth-order valence-corrected chi connectivity index (χ4v) is 6.03. The molecule has 1 saturated heterocycles. The van der Waals surface area contributed by atoms with Gasteiger partial charge in [-0.25, -0.2) is 0 Å². The van der Waals surface area contributed by atoms with Gasteiger partial charge in [-0.3, -0.25) is 4.98 Å². The molecule has 5 heteroatoms. The molecule has 5 nitrogen and oxygen atoms in total. The lowest BCUT2D eigenvalue weighted by atomic mass is 9.53. The Morgan fingerprint density at radius 3 is 3.07 bits per heavy atom. The normalized spacial score (nSPS) is 35.6. The molecule has 137 valence electrons. The Bertz CT molecular complexity index is 973. The number of pyridine rings is 1. The average Bonchev–Trinajstić information content (AvgIpc) is 3.04. The molecule has 1 fully saturated rings. The predicted molar refractivity (Wildman–Crippen MR) is 99.6 cm³/mol. The molecule has 2 aliphatic carbocycles. The summed E-state index contributed by atoms with van der Waals surface area (Å²) < 4.78 is 6.25. The van der Waals surface area contributed by atoms with Gasteiger partial charge < -0.3 is 19.8 Å². The van der Waals surface area contributed by atoms with Crippen molar-refractivity contribution >= 4 is 0 Å². The molecular weight excluding hydrogens is 340 g/mol. The molecule has 27 heavy (non-hydrogen) atoms. The second-order valence-corrected chi connectivity index (χ2v) is 8.25. The van der Waals surface area contributed by atoms with Gasteiger partial charge in [0.2, 0.25) is 0 Å². The number of aliphatic hydroxyl groups is 1. The van der Waals surface area contributed by atoms with Gasteiger partial charge in [0.15, 0.2) is 11.5 Å². The number of benzene rings is 1. The molecule has 0 unspecified atom stereocenters. The highest BCUT2D eigenvalue weighted by atomic mass is 16.5. The molecule has 4 aliphatic rings. The molecule has 2 N–H and O–H groups in total. The number of likely N-dealkylation sites (tertiary alicyclic amines) is 1. The minimum absolute atomic E-state index is 0.144. The topological polar surface area (TPSA) is 65.8 Å². The number of hydrogen-bond acceptors (Lipinski definition) is 5. The monoisotopic (exact) mass is 361 g/mol. The predicted octanol–water partition coefficient (Wildman–Crippen LogP) is 2.06. The van der Waals surface area contributed by atoms with Crippen molar-refractivity contribution in [3.8, 4) is 22.8 Å². The smallest absolute Gasteiger partial charge is 0.165 e. The second kappa shape index (κ2) is 5.12. The summed E-state index contributed by atoms with van der Waals surface area (Å²) in [5, 5.41) is 21.5. The van der Waals surface area contributed by atoms with Gasteiger partial charge in [-0.05, 0) is 44.1 Å². The largest absolute Gasteiger partial charge is 0.504 e. The van der Waals surface area contributed by atoms with E-state index in [4.69, 9.17) is 4.74 Å². The number of phenols is 1. The quantitative estimate of drug-likeness (QED) is 0.761. The molecule has 0 saturated carbocycles. The van der Waals surface area contributed by atoms with Crippen LogP contribution in [0.3, 0.4) is 0 Å². The van der Waals surface area contributed by atoms with E-state index in [9.17, 15) is 10.2 Å². The van der Waals surface area contributed by atoms with E-state index in [1.807, 2.05) is 18.2 Å². The Morgan fingerprint density at radius 2 is 2.26 bits per heavy atom. The minimum Gasteiger partial charge on any atom is -0.504 e. The van der Waals surface area contributed by atoms with E-state index in [0.29, 0.717) is 11.8 Å². The highest BCUT2D eigenvalue weighted by molar-refractivity contribution is 5.75. The number of aliphatic hydroxyl groups excluding tert-OH is 1. The van der Waals surface area contributed by atoms with Crippen molar-refractivity contribution in [3.63, 3.8) is 0 Å². The van der Waals surface area contributed by atoms with Gasteiger partial charge in [0.25, 0.3) is 0 Å². The van der Waals surface area contributed by atoms with Crippen LogP contribution < -0.4 is 4.74 Å². The lowest BCUT2D eigenvalue weighted by Crippen LogP contribution is -2.64. The van der Waals surface area contributed by atoms with Crippen LogP contribution in [0, 0.1) is 12.0 Å². The summed E-state index contributed by atoms with van der Waals surface area (Å²) in [7, 11) is 2.18. The maximum atomic E-state index is 10.8. The van der Waals surface area contributed by atoms with E-state index in [0.717, 1.165) is 36.2 Å². The number of aromatic nitrogens is 1. The number of nitrogens with zero attached hydrogens (tertiary/aromatic N) is 2. The molecule has 6 rings (SSSR count). The summed E-state index contributed by atoms with van der Waals surface area (Å²) in [5.41, 5.74) is 3.84. The Balaban J connectivity index is 1.68. The third kappa shape index (κ3) is 1.79. The van der Waals surface area contributed by atoms with Crippen LogP contribution in [-0.4, -0.2) is 51.9 Å². The van der Waals surface area contributed by atoms with E-state index >= 15 is 0 Å². The summed E-state index contributed by atoms with van der Waals surface area (Å²) in [4.78, 5) is 6.92. The zero-order valence-corrected chi connectivity index (χ0v) is 15.1. The number of ether oxygens (including phenoxy) is 1. The molecule has 1 spiro atoms. The summed E-state index contributed by atoms with van der Waals surface area (Å²) in [6, 6.07) is 8.88. The van der Waals surface area contributed by atoms with Crippen LogP contribution in [0.5, 0.6) is 11.5 Å². The van der Waals surface area contributed by atoms with Gasteiger partial charge in [-0.1, -0.05) is 18.2 Å². The third-order valence-corrected chi connectivity index (χ3v) is 7.17. The lowest BCUT2D eigenvalue weighted by Gasteiger charge is -2.56. The van der Waals surface area contributed by atoms with Gasteiger partial charge in [-0.2, -0.15) is 0 Å². The summed E-state index contributed by atoms with van der Waals surface area (Å²) in [6.45, 7) is 0.962. The SMILES string of the molecule is CN1CC[C@]23c4c5c(-c6cc[c]cn6)cc(O)c4O[C@H]2[C@@H](O)C=C[C@H]3[C@H]1C5. The van der Waals surface area contributed by atoms with Crippen LogP contribution in [0.2, 0.25) is 0 Å². The Hall–Kier alpha value is -2.37. The Morgan fingerprint density at radius 1 is 1.37 bits per heavy atom. The fraction of sp³-hybridized carbons (Fsp3) is 0.409. The molecule has 1 radical (unpaired) electrons. The molecule has 2 bridgehead atoms. The van der Waals surface area contributed by atoms with Gasteiger partial charge in [0, 0.05) is 40.8 Å². The van der Waals surface area contributed by atoms with E-state index in [-0.39, 0.29) is 23.2 Å². The van der Waals surface area contributed by atoms with Gasteiger partial charge in [0.1, 0.15) is 12.2 Å². The molecule has 3 heterocycles. The van der Waals surface area contributed by atoms with Crippen LogP contribution >= 0.6 is 0 Å². The van der Waals surface area contributed by atoms with Gasteiger partial charge in [-0.15, -0.1) is 0 Å². The van der Waals surface area contributed by atoms with Crippen molar-refractivity contribution < 1.29 is 14.9 Å². The Kier molecular flexibility index (Phi) is 2.97. The van der Waals surface area contributed by atoms with Crippen molar-refractivity contribution in [2.75, 3.05) is 13.6 Å². The highest BCUT2D eigenvalue weighted by Gasteiger charge is 2.64. The van der Waals surface area contributed by atoms with Crippen molar-refractivity contribution in [2.24, 2.45) is 5.92 Å². The van der Waals surface area contributed by atoms with Gasteiger partial charge in [0.05, 0.1) is 5.69 Å². The fourth-order valence-electron chi connectivity index (χ4n) is 6.03. The molecule has 1 aromatic carbocycles. The van der Waals surface area contributed by atoms with Gasteiger partial charge >= 0.3 is 0 Å². The molecule has 0 amide bonds. The average molecular weight is 361 g/mol. The van der Waals surface area contributed by atoms with Crippen LogP contribution in [0.25, 0.3) is 11.3 Å². The second-order valence-electron chi connectivity index (χ2n) is 8.25. The minimum atomic E-state index is -0.657. The summed E-state index contributed by atoms with van der Waals surface area (Å²) in [6.07, 6.45) is 6.53. The number of likely N-dealkylation sites (N-methyl/N-ethyl adjacent to an activating group) is 1. The first-order chi connectivity index (χ1) is 13.1. The molecule has 2 aliphatic heterocycles. The van der Waals surface area contributed by atoms with Crippen molar-refractivity contribution in [2.45, 2.75) is 36.5 Å². The Labute approximate surface area is 157 Å². The standard InChI is InChI=1S/C22H21N2O3/c1-24-9-7-22-14-5-6-17(25)21(22)27-20-18(26)11-12(15-4-2-3-8-23-15)13(19(20)22)10-16(14)24/h2,4-6,8,11,14,16-17,21,25-26H,7,9-10H2,1H3/t14-,16+,17-,21-,22-/m0/s1. The first kappa shape index (κ1) is 15.7. The number of hydrogen-bond donors (Lipinski definition) is 2.